The summed E-state index contributed by atoms with van der Waals surface area (Å²) in [5.74, 6) is 0.958. The number of anilines is 1. The lowest BCUT2D eigenvalue weighted by Crippen LogP contribution is -2.24. The van der Waals surface area contributed by atoms with Crippen LogP contribution in [0.4, 0.5) is 5.82 Å². The second-order valence-corrected chi connectivity index (χ2v) is 12.4. The molecule has 1 fully saturated rings. The van der Waals surface area contributed by atoms with E-state index >= 15 is 0 Å². The number of nitrogens with one attached hydrogen (secondary N) is 1. The number of hydrogen-bond donors (Lipinski definition) is 3. The summed E-state index contributed by atoms with van der Waals surface area (Å²) in [5.41, 5.74) is 2.91. The van der Waals surface area contributed by atoms with E-state index in [1.165, 1.54) is 34.3 Å². The van der Waals surface area contributed by atoms with Crippen molar-refractivity contribution in [1.29, 1.82) is 0 Å². The van der Waals surface area contributed by atoms with Gasteiger partial charge in [-0.3, -0.25) is 8.98 Å². The van der Waals surface area contributed by atoms with Gasteiger partial charge in [0, 0.05) is 48.1 Å². The number of hydrogen-bond acceptors (Lipinski definition) is 11. The Kier molecular flexibility index (Phi) is 7.47. The predicted molar refractivity (Wildman–Crippen MR) is 139 cm³/mol. The number of aromatic nitrogens is 2. The van der Waals surface area contributed by atoms with Crippen LogP contribution in [0.5, 0.6) is 0 Å². The first kappa shape index (κ1) is 25.4. The third kappa shape index (κ3) is 5.98. The molecule has 2 aromatic heterocycles. The molecule has 0 bridgehead atoms. The molecule has 3 aliphatic rings. The van der Waals surface area contributed by atoms with Gasteiger partial charge in [-0.25, -0.2) is 15.1 Å². The second kappa shape index (κ2) is 10.6. The summed E-state index contributed by atoms with van der Waals surface area (Å²) in [6.45, 7) is 1.46. The topological polar surface area (TPSA) is 148 Å². The Morgan fingerprint density at radius 1 is 1.36 bits per heavy atom. The van der Waals surface area contributed by atoms with Gasteiger partial charge in [-0.15, -0.1) is 23.1 Å². The molecule has 2 aliphatic heterocycles. The minimum atomic E-state index is -4.08. The lowest BCUT2D eigenvalue weighted by Gasteiger charge is -2.24. The average molecular weight is 550 g/mol. The Bertz CT molecular complexity index is 1310. The van der Waals surface area contributed by atoms with Crippen LogP contribution in [0.25, 0.3) is 0 Å². The first-order chi connectivity index (χ1) is 17.2. The number of nitrogens with two attached hydrogens (primary N) is 1. The molecule has 4 heterocycles. The zero-order valence-electron chi connectivity index (χ0n) is 19.4. The lowest BCUT2D eigenvalue weighted by molar-refractivity contribution is 0.101. The fourth-order valence-electron chi connectivity index (χ4n) is 4.74. The monoisotopic (exact) mass is 549 g/mol. The summed E-state index contributed by atoms with van der Waals surface area (Å²) in [6, 6.07) is 1.71. The maximum absolute atomic E-state index is 13.3. The number of carbonyl (C=O) groups is 1. The quantitative estimate of drug-likeness (QED) is 0.398. The van der Waals surface area contributed by atoms with Crippen LogP contribution in [0.15, 0.2) is 46.7 Å². The van der Waals surface area contributed by atoms with Gasteiger partial charge in [0.25, 0.3) is 0 Å². The molecule has 0 spiro atoms. The van der Waals surface area contributed by atoms with Crippen LogP contribution >= 0.6 is 23.1 Å². The Balaban J connectivity index is 1.23. The van der Waals surface area contributed by atoms with Gasteiger partial charge in [-0.05, 0) is 47.9 Å². The van der Waals surface area contributed by atoms with Crippen molar-refractivity contribution in [2.75, 3.05) is 24.2 Å². The molecule has 2 aromatic rings. The van der Waals surface area contributed by atoms with Gasteiger partial charge in [-0.1, -0.05) is 0 Å². The maximum atomic E-state index is 13.3. The van der Waals surface area contributed by atoms with Crippen LogP contribution in [-0.4, -0.2) is 65.2 Å². The molecule has 0 radical (unpaired) electrons. The summed E-state index contributed by atoms with van der Waals surface area (Å²) in [5, 5.41) is 20.4. The van der Waals surface area contributed by atoms with Crippen molar-refractivity contribution in [2.45, 2.75) is 38.0 Å². The van der Waals surface area contributed by atoms with Crippen LogP contribution in [0, 0.1) is 5.92 Å². The second-order valence-electron chi connectivity index (χ2n) is 9.14. The number of aliphatic hydroxyl groups is 1. The van der Waals surface area contributed by atoms with Gasteiger partial charge in [-0.2, -0.15) is 8.42 Å². The van der Waals surface area contributed by atoms with E-state index in [0.29, 0.717) is 29.1 Å². The molecule has 4 N–H and O–H groups in total. The van der Waals surface area contributed by atoms with Gasteiger partial charge < -0.3 is 15.3 Å². The highest BCUT2D eigenvalue weighted by molar-refractivity contribution is 8.03. The number of nitrogens with zero attached hydrogens (tertiary/aromatic N) is 3. The van der Waals surface area contributed by atoms with E-state index in [9.17, 15) is 18.3 Å². The van der Waals surface area contributed by atoms with E-state index < -0.39 is 22.3 Å². The van der Waals surface area contributed by atoms with E-state index in [2.05, 4.69) is 36.6 Å². The molecule has 1 aliphatic carbocycles. The average Bonchev–Trinajstić information content (AvgIpc) is 3.57. The highest BCUT2D eigenvalue weighted by Gasteiger charge is 2.35. The number of thiophene rings is 1. The van der Waals surface area contributed by atoms with Crippen LogP contribution in [0.1, 0.15) is 40.1 Å². The minimum absolute atomic E-state index is 0.173. The Labute approximate surface area is 217 Å². The van der Waals surface area contributed by atoms with Gasteiger partial charge in [0.05, 0.1) is 23.2 Å². The van der Waals surface area contributed by atoms with Crippen LogP contribution in [0.2, 0.25) is 0 Å². The van der Waals surface area contributed by atoms with Crippen molar-refractivity contribution in [3.63, 3.8) is 0 Å². The smallest absolute Gasteiger partial charge is 0.333 e. The standard InChI is InChI=1S/C23H27N5O5S3/c24-36(31,32)33-11-16-6-17(7-19(16)29)27-23-18(8-25-13-26-23)22(30)21-5-14(12-35-21)9-28-3-1-20-15(10-28)2-4-34-20/h1,3,5,8,12-13,16-17,19,29H,2,4,6-7,9-11H2,(H2,24,31,32)(H,25,26,27)/t16-,17-,19+/m1/s1. The zero-order valence-corrected chi connectivity index (χ0v) is 21.8. The zero-order chi connectivity index (χ0) is 25.3. The molecule has 36 heavy (non-hydrogen) atoms. The van der Waals surface area contributed by atoms with Crippen LogP contribution in [0.3, 0.4) is 0 Å². The van der Waals surface area contributed by atoms with Crippen LogP contribution < -0.4 is 10.5 Å². The van der Waals surface area contributed by atoms with Crippen LogP contribution in [-0.2, 0) is 21.0 Å². The molecule has 5 rings (SSSR count). The molecular weight excluding hydrogens is 522 g/mol. The van der Waals surface area contributed by atoms with E-state index in [1.54, 1.807) is 0 Å². The van der Waals surface area contributed by atoms with Gasteiger partial charge >= 0.3 is 10.3 Å². The fraction of sp³-hybridized carbons (Fsp3) is 0.435. The lowest BCUT2D eigenvalue weighted by atomic mass is 10.1. The summed E-state index contributed by atoms with van der Waals surface area (Å²) in [7, 11) is -4.08. The maximum Gasteiger partial charge on any atom is 0.333 e. The summed E-state index contributed by atoms with van der Waals surface area (Å²) < 4.78 is 26.8. The molecule has 0 unspecified atom stereocenters. The number of rotatable bonds is 9. The number of thioether (sulfide) groups is 1. The van der Waals surface area contributed by atoms with Crippen molar-refractivity contribution < 1.29 is 22.5 Å². The van der Waals surface area contributed by atoms with Crippen molar-refractivity contribution in [3.05, 3.63) is 62.7 Å². The third-order valence-electron chi connectivity index (χ3n) is 6.51. The summed E-state index contributed by atoms with van der Waals surface area (Å²) >= 11 is 3.31. The Morgan fingerprint density at radius 3 is 3.06 bits per heavy atom. The summed E-state index contributed by atoms with van der Waals surface area (Å²) in [6.07, 6.45) is 8.33. The normalized spacial score (nSPS) is 23.8. The predicted octanol–water partition coefficient (Wildman–Crippen LogP) is 2.26. The van der Waals surface area contributed by atoms with Crippen molar-refractivity contribution in [1.82, 2.24) is 14.9 Å². The first-order valence-corrected chi connectivity index (χ1v) is 14.9. The molecule has 0 amide bonds. The fourth-order valence-corrected chi connectivity index (χ4v) is 7.06. The number of aliphatic hydroxyl groups excluding tert-OH is 1. The van der Waals surface area contributed by atoms with Gasteiger partial charge in [0.2, 0.25) is 5.78 Å². The van der Waals surface area contributed by atoms with E-state index in [-0.39, 0.29) is 18.4 Å². The molecule has 10 nitrogen and oxygen atoms in total. The number of allylic oxidation sites excluding steroid dienone is 1. The SMILES string of the molecule is NS(=O)(=O)OC[C@H]1C[C@@H](Nc2ncncc2C(=O)c2cc(CN3C=CC4=C(CCS4)C3)cs2)C[C@@H]1O. The number of ketones is 1. The molecule has 0 saturated heterocycles. The largest absolute Gasteiger partial charge is 0.393 e. The van der Waals surface area contributed by atoms with Crippen molar-refractivity contribution in [3.8, 4) is 0 Å². The summed E-state index contributed by atoms with van der Waals surface area (Å²) in [4.78, 5) is 25.9. The molecular formula is C23H27N5O5S3. The van der Waals surface area contributed by atoms with E-state index in [4.69, 9.17) is 5.14 Å². The molecule has 192 valence electrons. The highest BCUT2D eigenvalue weighted by Crippen LogP contribution is 2.36. The van der Waals surface area contributed by atoms with Crippen molar-refractivity contribution >= 4 is 45.0 Å². The van der Waals surface area contributed by atoms with Gasteiger partial charge in [0.1, 0.15) is 12.1 Å². The first-order valence-electron chi connectivity index (χ1n) is 11.6. The van der Waals surface area contributed by atoms with Gasteiger partial charge in [0.15, 0.2) is 0 Å². The molecule has 13 heteroatoms. The van der Waals surface area contributed by atoms with Crippen molar-refractivity contribution in [2.24, 2.45) is 11.1 Å². The number of carbonyl (C=O) groups excluding carboxylic acids is 1. The third-order valence-corrected chi connectivity index (χ3v) is 9.09. The Morgan fingerprint density at radius 2 is 2.22 bits per heavy atom. The molecule has 1 saturated carbocycles. The van der Waals surface area contributed by atoms with E-state index in [1.807, 2.05) is 23.2 Å². The van der Waals surface area contributed by atoms with E-state index in [0.717, 1.165) is 30.8 Å². The molecule has 3 atom stereocenters. The Hall–Kier alpha value is -2.29. The highest BCUT2D eigenvalue weighted by atomic mass is 32.2. The minimum Gasteiger partial charge on any atom is -0.393 e. The molecule has 0 aromatic carbocycles.